The number of aliphatic hydroxyl groups excluding tert-OH is 1. The van der Waals surface area contributed by atoms with Crippen molar-refractivity contribution in [3.05, 3.63) is 35.9 Å². The summed E-state index contributed by atoms with van der Waals surface area (Å²) in [4.78, 5) is 42.7. The molecule has 3 saturated heterocycles. The molecule has 3 heterocycles. The molecule has 3 unspecified atom stereocenters. The minimum atomic E-state index is -0.602. The van der Waals surface area contributed by atoms with Crippen LogP contribution >= 0.6 is 27.7 Å². The molecular weight excluding hydrogens is 530 g/mol. The summed E-state index contributed by atoms with van der Waals surface area (Å²) >= 11 is 5.46. The summed E-state index contributed by atoms with van der Waals surface area (Å²) in [5.74, 6) is -1.26. The van der Waals surface area contributed by atoms with E-state index in [1.807, 2.05) is 44.2 Å². The maximum Gasteiger partial charge on any atom is 0.244 e. The van der Waals surface area contributed by atoms with Gasteiger partial charge in [-0.2, -0.15) is 0 Å². The van der Waals surface area contributed by atoms with Crippen molar-refractivity contribution in [2.75, 3.05) is 13.2 Å². The number of unbranched alkanes of at least 4 members (excludes halogenated alkanes) is 3. The van der Waals surface area contributed by atoms with E-state index in [0.29, 0.717) is 19.5 Å². The number of aliphatic hydroxyl groups is 1. The molecule has 192 valence electrons. The van der Waals surface area contributed by atoms with Crippen molar-refractivity contribution in [1.82, 2.24) is 15.5 Å². The number of alkyl halides is 1. The van der Waals surface area contributed by atoms with Gasteiger partial charge in [-0.05, 0) is 38.7 Å². The van der Waals surface area contributed by atoms with Gasteiger partial charge >= 0.3 is 0 Å². The number of halogens is 1. The number of thioether (sulfide) groups is 1. The van der Waals surface area contributed by atoms with Crippen LogP contribution in [0.4, 0.5) is 0 Å². The summed E-state index contributed by atoms with van der Waals surface area (Å²) in [6.45, 7) is 4.93. The van der Waals surface area contributed by atoms with Crippen LogP contribution in [0.25, 0.3) is 0 Å². The monoisotopic (exact) mass is 565 g/mol. The molecule has 3 amide bonds. The van der Waals surface area contributed by atoms with Crippen LogP contribution in [0.1, 0.15) is 51.5 Å². The van der Waals surface area contributed by atoms with Crippen molar-refractivity contribution in [2.45, 2.75) is 79.4 Å². The zero-order valence-corrected chi connectivity index (χ0v) is 22.8. The van der Waals surface area contributed by atoms with Crippen LogP contribution in [0, 0.1) is 11.8 Å². The van der Waals surface area contributed by atoms with Crippen molar-refractivity contribution < 1.29 is 19.5 Å². The number of benzene rings is 1. The standard InChI is InChI=1S/C26H36BrN3O4S/c1-16(2)29-24(33)22-26-14-18(27)21(35-26)19(23(32)28-15-17-10-6-5-7-11-17)20(26)25(34)30(22)12-8-3-4-9-13-31/h5-7,10-11,16,18-22,31H,3-4,8-9,12-15H2,1-2H3,(H,28,32)(H,29,33)/t18?,19-,20-,21-,22?,26?/m0/s1. The summed E-state index contributed by atoms with van der Waals surface area (Å²) in [6, 6.07) is 9.14. The van der Waals surface area contributed by atoms with Crippen LogP contribution in [-0.4, -0.2) is 67.8 Å². The van der Waals surface area contributed by atoms with E-state index in [4.69, 9.17) is 5.11 Å². The van der Waals surface area contributed by atoms with Crippen LogP contribution in [0.15, 0.2) is 30.3 Å². The average molecular weight is 567 g/mol. The lowest BCUT2D eigenvalue weighted by Crippen LogP contribution is -2.55. The van der Waals surface area contributed by atoms with Gasteiger partial charge in [-0.25, -0.2) is 0 Å². The van der Waals surface area contributed by atoms with E-state index in [1.54, 1.807) is 16.7 Å². The van der Waals surface area contributed by atoms with Gasteiger partial charge in [-0.15, -0.1) is 11.8 Å². The Bertz CT molecular complexity index is 932. The molecule has 1 spiro atoms. The SMILES string of the molecule is CC(C)NC(=O)C1N(CCCCCCO)C(=O)[C@@H]2[C@H](C(=O)NCc3ccccc3)[C@H]3SC12CC3Br. The van der Waals surface area contributed by atoms with E-state index in [0.717, 1.165) is 31.2 Å². The van der Waals surface area contributed by atoms with Gasteiger partial charge < -0.3 is 20.6 Å². The first-order valence-electron chi connectivity index (χ1n) is 12.7. The molecule has 3 N–H and O–H groups in total. The van der Waals surface area contributed by atoms with Crippen LogP contribution < -0.4 is 10.6 Å². The van der Waals surface area contributed by atoms with Gasteiger partial charge in [-0.1, -0.05) is 59.1 Å². The Labute approximate surface area is 220 Å². The van der Waals surface area contributed by atoms with Crippen LogP contribution in [0.3, 0.4) is 0 Å². The number of hydrogen-bond acceptors (Lipinski definition) is 5. The van der Waals surface area contributed by atoms with E-state index in [2.05, 4.69) is 26.6 Å². The molecule has 6 atom stereocenters. The van der Waals surface area contributed by atoms with Crippen LogP contribution in [0.2, 0.25) is 0 Å². The quantitative estimate of drug-likeness (QED) is 0.283. The number of fused-ring (bicyclic) bond motifs is 1. The number of amides is 3. The Morgan fingerprint density at radius 3 is 2.57 bits per heavy atom. The highest BCUT2D eigenvalue weighted by Crippen LogP contribution is 2.67. The molecule has 7 nitrogen and oxygen atoms in total. The van der Waals surface area contributed by atoms with Gasteiger partial charge in [0.1, 0.15) is 6.04 Å². The molecule has 3 aliphatic heterocycles. The summed E-state index contributed by atoms with van der Waals surface area (Å²) in [7, 11) is 0. The molecule has 35 heavy (non-hydrogen) atoms. The maximum atomic E-state index is 13.9. The van der Waals surface area contributed by atoms with Gasteiger partial charge in [0.15, 0.2) is 0 Å². The normalized spacial score (nSPS) is 31.2. The third kappa shape index (κ3) is 5.14. The summed E-state index contributed by atoms with van der Waals surface area (Å²) < 4.78 is -0.602. The predicted molar refractivity (Wildman–Crippen MR) is 141 cm³/mol. The topological polar surface area (TPSA) is 98.7 Å². The molecular formula is C26H36BrN3O4S. The highest BCUT2D eigenvalue weighted by atomic mass is 79.9. The van der Waals surface area contributed by atoms with Crippen molar-refractivity contribution in [2.24, 2.45) is 11.8 Å². The molecule has 0 radical (unpaired) electrons. The fourth-order valence-corrected chi connectivity index (χ4v) is 9.60. The molecule has 4 rings (SSSR count). The molecule has 9 heteroatoms. The zero-order valence-electron chi connectivity index (χ0n) is 20.4. The first-order chi connectivity index (χ1) is 16.8. The van der Waals surface area contributed by atoms with Gasteiger partial charge in [0.25, 0.3) is 0 Å². The van der Waals surface area contributed by atoms with Crippen LogP contribution in [0.5, 0.6) is 0 Å². The number of nitrogens with one attached hydrogen (secondary N) is 2. The van der Waals surface area contributed by atoms with Gasteiger partial charge in [-0.3, -0.25) is 14.4 Å². The minimum Gasteiger partial charge on any atom is -0.396 e. The third-order valence-corrected chi connectivity index (χ3v) is 10.6. The molecule has 3 aliphatic rings. The van der Waals surface area contributed by atoms with Crippen molar-refractivity contribution in [1.29, 1.82) is 0 Å². The Hall–Kier alpha value is -1.58. The van der Waals surface area contributed by atoms with E-state index in [-0.39, 0.29) is 40.4 Å². The van der Waals surface area contributed by atoms with E-state index >= 15 is 0 Å². The molecule has 0 saturated carbocycles. The van der Waals surface area contributed by atoms with Gasteiger partial charge in [0.2, 0.25) is 17.7 Å². The fourth-order valence-electron chi connectivity index (χ4n) is 5.98. The van der Waals surface area contributed by atoms with Gasteiger partial charge in [0, 0.05) is 35.8 Å². The molecule has 3 fully saturated rings. The molecule has 1 aromatic rings. The number of carbonyl (C=O) groups is 3. The first-order valence-corrected chi connectivity index (χ1v) is 14.4. The molecule has 0 aromatic heterocycles. The Kier molecular flexibility index (Phi) is 8.49. The first kappa shape index (κ1) is 26.5. The Morgan fingerprint density at radius 1 is 1.17 bits per heavy atom. The smallest absolute Gasteiger partial charge is 0.244 e. The summed E-state index contributed by atoms with van der Waals surface area (Å²) in [6.07, 6.45) is 3.98. The highest BCUT2D eigenvalue weighted by molar-refractivity contribution is 9.09. The Morgan fingerprint density at radius 2 is 1.89 bits per heavy atom. The van der Waals surface area contributed by atoms with E-state index < -0.39 is 22.6 Å². The second-order valence-electron chi connectivity index (χ2n) is 10.2. The van der Waals surface area contributed by atoms with Crippen molar-refractivity contribution in [3.8, 4) is 0 Å². The lowest BCUT2D eigenvalue weighted by atomic mass is 9.70. The predicted octanol–water partition coefficient (Wildman–Crippen LogP) is 2.84. The van der Waals surface area contributed by atoms with E-state index in [1.165, 1.54) is 0 Å². The zero-order chi connectivity index (χ0) is 25.2. The van der Waals surface area contributed by atoms with Crippen molar-refractivity contribution >= 4 is 45.4 Å². The maximum absolute atomic E-state index is 13.9. The molecule has 1 aromatic carbocycles. The highest BCUT2D eigenvalue weighted by Gasteiger charge is 2.75. The fraction of sp³-hybridized carbons (Fsp3) is 0.654. The van der Waals surface area contributed by atoms with Crippen LogP contribution in [-0.2, 0) is 20.9 Å². The second kappa shape index (κ2) is 11.2. The Balaban J connectivity index is 1.57. The number of nitrogens with zero attached hydrogens (tertiary/aromatic N) is 1. The lowest BCUT2D eigenvalue weighted by molar-refractivity contribution is -0.140. The number of carbonyl (C=O) groups excluding carboxylic acids is 3. The summed E-state index contributed by atoms with van der Waals surface area (Å²) in [5.41, 5.74) is 1.01. The number of hydrogen-bond donors (Lipinski definition) is 3. The second-order valence-corrected chi connectivity index (χ2v) is 12.9. The molecule has 0 aliphatic carbocycles. The average Bonchev–Trinajstić information content (AvgIpc) is 3.41. The van der Waals surface area contributed by atoms with Gasteiger partial charge in [0.05, 0.1) is 16.6 Å². The number of likely N-dealkylation sites (tertiary alicyclic amines) is 1. The van der Waals surface area contributed by atoms with E-state index in [9.17, 15) is 14.4 Å². The summed E-state index contributed by atoms with van der Waals surface area (Å²) in [5, 5.41) is 15.1. The molecule has 2 bridgehead atoms. The minimum absolute atomic E-state index is 0.0344. The van der Waals surface area contributed by atoms with Crippen molar-refractivity contribution in [3.63, 3.8) is 0 Å². The lowest BCUT2D eigenvalue weighted by Gasteiger charge is -2.35. The largest absolute Gasteiger partial charge is 0.396 e. The third-order valence-electron chi connectivity index (χ3n) is 7.39. The number of rotatable bonds is 11.